The molecule has 1 aliphatic carbocycles. The van der Waals surface area contributed by atoms with Crippen LogP contribution in [-0.4, -0.2) is 21.5 Å². The molecule has 0 fully saturated rings. The molecule has 0 saturated heterocycles. The fourth-order valence-corrected chi connectivity index (χ4v) is 8.95. The molecule has 6 nitrogen and oxygen atoms in total. The lowest BCUT2D eigenvalue weighted by molar-refractivity contribution is 0.0988. The predicted octanol–water partition coefficient (Wildman–Crippen LogP) is 14.1. The number of ketones is 2. The second kappa shape index (κ2) is 15.6. The molecule has 0 saturated carbocycles. The van der Waals surface area contributed by atoms with Gasteiger partial charge in [-0.05, 0) is 106 Å². The van der Waals surface area contributed by atoms with Crippen molar-refractivity contribution in [1.82, 2.24) is 9.97 Å². The summed E-state index contributed by atoms with van der Waals surface area (Å²) in [4.78, 5) is 42.8. The van der Waals surface area contributed by atoms with Crippen LogP contribution in [0.15, 0.2) is 157 Å². The van der Waals surface area contributed by atoms with Gasteiger partial charge in [0.1, 0.15) is 29.1 Å². The van der Waals surface area contributed by atoms with E-state index in [0.717, 1.165) is 39.7 Å². The number of carbonyl (C=O) groups is 2. The Morgan fingerprint density at radius 2 is 0.891 bits per heavy atom. The molecule has 1 aromatic heterocycles. The van der Waals surface area contributed by atoms with E-state index in [2.05, 4.69) is 27.7 Å². The van der Waals surface area contributed by atoms with Gasteiger partial charge in [-0.25, -0.2) is 27.5 Å². The number of nitrogens with zero attached hydrogens (tertiary/aromatic N) is 4. The highest BCUT2D eigenvalue weighted by molar-refractivity contribution is 6.40. The van der Waals surface area contributed by atoms with E-state index in [1.54, 1.807) is 41.3 Å². The molecule has 7 aromatic carbocycles. The molecule has 0 N–H and O–H groups in total. The number of fused-ring (bicyclic) bond motifs is 4. The monoisotopic (exact) mass is 850 g/mol. The Morgan fingerprint density at radius 1 is 0.469 bits per heavy atom. The van der Waals surface area contributed by atoms with Crippen molar-refractivity contribution >= 4 is 56.4 Å². The van der Waals surface area contributed by atoms with E-state index in [4.69, 9.17) is 9.97 Å². The first-order valence-corrected chi connectivity index (χ1v) is 21.0. The van der Waals surface area contributed by atoms with Gasteiger partial charge in [-0.1, -0.05) is 100 Å². The first-order valence-electron chi connectivity index (χ1n) is 21.0. The molecule has 10 rings (SSSR count). The van der Waals surface area contributed by atoms with Crippen LogP contribution < -0.4 is 9.80 Å². The SMILES string of the molecule is CC(C)c1cccc(C(C)C)c1N1/C(=C\C=C2C(=O)c3cc4ccccc4cc3C2=O)N(c2c(-c3cc(F)cc(F)c3)cccc2-c2cc(F)cc(F)c2)c2nc3ccccc3nc21. The average Bonchev–Trinajstić information content (AvgIpc) is 3.70. The molecule has 0 spiro atoms. The summed E-state index contributed by atoms with van der Waals surface area (Å²) >= 11 is 0. The summed E-state index contributed by atoms with van der Waals surface area (Å²) < 4.78 is 61.1. The molecular formula is C54H38F4N4O2. The summed E-state index contributed by atoms with van der Waals surface area (Å²) in [7, 11) is 0. The number of benzene rings is 7. The standard InChI is InChI=1S/C54H38F4N4O2/c1-29(2)39-13-9-14-40(30(3)4)49(39)61-48(20-19-43-51(63)44-25-31-11-5-6-12-32(31)26-45(44)52(43)64)62(54-53(61)59-46-17-7-8-18-47(46)60-54)50-41(33-21-35(55)27-36(56)22-33)15-10-16-42(50)34-23-37(57)28-38(58)24-34/h5-30H,1-4H3/b48-20+. The molecule has 2 heterocycles. The largest absolute Gasteiger partial charge is 0.288 e. The number of Topliss-reactive ketones (excluding diaryl/α,β-unsaturated/α-hetero) is 2. The van der Waals surface area contributed by atoms with Gasteiger partial charge in [-0.3, -0.25) is 19.4 Å². The fraction of sp³-hybridized carbons (Fsp3) is 0.111. The van der Waals surface area contributed by atoms with Gasteiger partial charge in [0.25, 0.3) is 0 Å². The molecule has 10 heteroatoms. The number of hydrogen-bond donors (Lipinski definition) is 0. The van der Waals surface area contributed by atoms with Crippen LogP contribution in [0.2, 0.25) is 0 Å². The molecule has 8 aromatic rings. The van der Waals surface area contributed by atoms with Crippen LogP contribution in [-0.2, 0) is 0 Å². The van der Waals surface area contributed by atoms with Gasteiger partial charge >= 0.3 is 0 Å². The van der Waals surface area contributed by atoms with Crippen LogP contribution in [0.4, 0.5) is 40.6 Å². The predicted molar refractivity (Wildman–Crippen MR) is 244 cm³/mol. The topological polar surface area (TPSA) is 66.4 Å². The van der Waals surface area contributed by atoms with E-state index in [9.17, 15) is 9.59 Å². The average molecular weight is 851 g/mol. The lowest BCUT2D eigenvalue weighted by atomic mass is 9.92. The van der Waals surface area contributed by atoms with Crippen molar-refractivity contribution in [2.24, 2.45) is 0 Å². The Kier molecular flexibility index (Phi) is 9.82. The minimum absolute atomic E-state index is 0.0192. The Labute approximate surface area is 366 Å². The molecule has 314 valence electrons. The molecule has 2 aliphatic rings. The molecule has 0 radical (unpaired) electrons. The number of para-hydroxylation sites is 4. The van der Waals surface area contributed by atoms with Crippen LogP contribution in [0.3, 0.4) is 0 Å². The number of allylic oxidation sites excluding steroid dienone is 3. The van der Waals surface area contributed by atoms with Crippen molar-refractivity contribution in [3.05, 3.63) is 203 Å². The number of carbonyl (C=O) groups excluding carboxylic acids is 2. The lowest BCUT2D eigenvalue weighted by Gasteiger charge is -2.31. The summed E-state index contributed by atoms with van der Waals surface area (Å²) in [5.74, 6) is -3.31. The summed E-state index contributed by atoms with van der Waals surface area (Å²) in [6.45, 7) is 8.32. The van der Waals surface area contributed by atoms with Crippen molar-refractivity contribution in [2.45, 2.75) is 39.5 Å². The van der Waals surface area contributed by atoms with E-state index in [-0.39, 0.29) is 62.3 Å². The maximum atomic E-state index is 15.3. The summed E-state index contributed by atoms with van der Waals surface area (Å²) in [6, 6.07) is 35.6. The third kappa shape index (κ3) is 6.73. The minimum atomic E-state index is -0.837. The van der Waals surface area contributed by atoms with Crippen molar-refractivity contribution in [3.8, 4) is 22.3 Å². The maximum Gasteiger partial charge on any atom is 0.197 e. The van der Waals surface area contributed by atoms with E-state index in [0.29, 0.717) is 22.7 Å². The van der Waals surface area contributed by atoms with Crippen LogP contribution in [0.1, 0.15) is 71.4 Å². The fourth-order valence-electron chi connectivity index (χ4n) is 8.95. The first-order chi connectivity index (χ1) is 30.9. The Bertz CT molecular complexity index is 3160. The maximum absolute atomic E-state index is 15.3. The number of anilines is 4. The zero-order valence-electron chi connectivity index (χ0n) is 35.1. The molecular weight excluding hydrogens is 813 g/mol. The van der Waals surface area contributed by atoms with E-state index in [1.807, 2.05) is 71.6 Å². The van der Waals surface area contributed by atoms with Crippen molar-refractivity contribution in [1.29, 1.82) is 0 Å². The summed E-state index contributed by atoms with van der Waals surface area (Å²) in [6.07, 6.45) is 3.15. The third-order valence-corrected chi connectivity index (χ3v) is 11.9. The second-order valence-electron chi connectivity index (χ2n) is 16.7. The second-order valence-corrected chi connectivity index (χ2v) is 16.7. The molecule has 1 aliphatic heterocycles. The van der Waals surface area contributed by atoms with Gasteiger partial charge in [-0.2, -0.15) is 0 Å². The van der Waals surface area contributed by atoms with Gasteiger partial charge in [0.15, 0.2) is 23.2 Å². The van der Waals surface area contributed by atoms with E-state index < -0.39 is 34.8 Å². The van der Waals surface area contributed by atoms with Gasteiger partial charge in [0, 0.05) is 34.4 Å². The van der Waals surface area contributed by atoms with Crippen LogP contribution in [0.25, 0.3) is 44.1 Å². The van der Waals surface area contributed by atoms with E-state index >= 15 is 17.6 Å². The first kappa shape index (κ1) is 40.4. The molecule has 0 unspecified atom stereocenters. The van der Waals surface area contributed by atoms with Crippen LogP contribution in [0.5, 0.6) is 0 Å². The van der Waals surface area contributed by atoms with Gasteiger partial charge < -0.3 is 0 Å². The highest BCUT2D eigenvalue weighted by Gasteiger charge is 2.42. The normalized spacial score (nSPS) is 14.2. The zero-order valence-corrected chi connectivity index (χ0v) is 35.1. The Balaban J connectivity index is 1.34. The smallest absolute Gasteiger partial charge is 0.197 e. The number of halogens is 4. The lowest BCUT2D eigenvalue weighted by Crippen LogP contribution is -2.25. The quantitative estimate of drug-likeness (QED) is 0.0904. The third-order valence-electron chi connectivity index (χ3n) is 11.9. The van der Waals surface area contributed by atoms with Gasteiger partial charge in [0.05, 0.1) is 28.0 Å². The highest BCUT2D eigenvalue weighted by atomic mass is 19.1. The van der Waals surface area contributed by atoms with Crippen LogP contribution in [0, 0.1) is 23.3 Å². The van der Waals surface area contributed by atoms with Crippen molar-refractivity contribution in [2.75, 3.05) is 9.80 Å². The minimum Gasteiger partial charge on any atom is -0.288 e. The number of rotatable bonds is 7. The number of hydrogen-bond acceptors (Lipinski definition) is 6. The Hall–Kier alpha value is -7.72. The summed E-state index contributed by atoms with van der Waals surface area (Å²) in [5, 5.41) is 1.63. The van der Waals surface area contributed by atoms with Gasteiger partial charge in [-0.15, -0.1) is 0 Å². The Morgan fingerprint density at radius 3 is 1.34 bits per heavy atom. The van der Waals surface area contributed by atoms with Crippen molar-refractivity contribution < 1.29 is 27.2 Å². The molecule has 64 heavy (non-hydrogen) atoms. The van der Waals surface area contributed by atoms with Gasteiger partial charge in [0.2, 0.25) is 0 Å². The van der Waals surface area contributed by atoms with Crippen LogP contribution >= 0.6 is 0 Å². The summed E-state index contributed by atoms with van der Waals surface area (Å²) in [5.41, 5.74) is 5.34. The molecule has 0 amide bonds. The van der Waals surface area contributed by atoms with E-state index in [1.165, 1.54) is 30.3 Å². The molecule has 0 bridgehead atoms. The van der Waals surface area contributed by atoms with Crippen molar-refractivity contribution in [3.63, 3.8) is 0 Å². The number of aromatic nitrogens is 2. The molecule has 0 atom stereocenters. The zero-order chi connectivity index (χ0) is 44.6. The highest BCUT2D eigenvalue weighted by Crippen LogP contribution is 2.55.